The average Bonchev–Trinajstić information content (AvgIpc) is 2.88. The molecule has 0 atom stereocenters. The summed E-state index contributed by atoms with van der Waals surface area (Å²) in [6.07, 6.45) is 1.35. The zero-order chi connectivity index (χ0) is 24.6. The molecule has 0 saturated heterocycles. The van der Waals surface area contributed by atoms with E-state index in [2.05, 4.69) is 0 Å². The van der Waals surface area contributed by atoms with E-state index in [-0.39, 0.29) is 42.4 Å². The zero-order valence-electron chi connectivity index (χ0n) is 18.8. The third kappa shape index (κ3) is 6.23. The second-order valence-electron chi connectivity index (χ2n) is 7.85. The SMILES string of the molecule is O=C(O)c1ccc(CC(=O)c2cc(=O)c(OCc3ccccc3)cn2OCc2ccccc2)cc1. The van der Waals surface area contributed by atoms with Crippen LogP contribution in [-0.2, 0) is 19.6 Å². The summed E-state index contributed by atoms with van der Waals surface area (Å²) >= 11 is 0. The maximum absolute atomic E-state index is 13.1. The monoisotopic (exact) mass is 469 g/mol. The van der Waals surface area contributed by atoms with E-state index in [1.165, 1.54) is 29.1 Å². The van der Waals surface area contributed by atoms with Crippen LogP contribution in [0.5, 0.6) is 5.75 Å². The minimum absolute atomic E-state index is 0.0295. The van der Waals surface area contributed by atoms with E-state index in [1.54, 1.807) is 12.1 Å². The molecule has 7 heteroatoms. The lowest BCUT2D eigenvalue weighted by Gasteiger charge is -2.16. The molecular formula is C28H23NO6. The minimum Gasteiger partial charge on any atom is -0.483 e. The van der Waals surface area contributed by atoms with Crippen molar-refractivity contribution in [2.75, 3.05) is 0 Å². The number of Topliss-reactive ketones (excluding diaryl/α,β-unsaturated/α-hetero) is 1. The van der Waals surface area contributed by atoms with Crippen LogP contribution in [0.2, 0.25) is 0 Å². The number of rotatable bonds is 10. The molecule has 0 fully saturated rings. The van der Waals surface area contributed by atoms with Crippen LogP contribution in [0.1, 0.15) is 37.5 Å². The van der Waals surface area contributed by atoms with E-state index >= 15 is 0 Å². The predicted octanol–water partition coefficient (Wildman–Crippen LogP) is 4.18. The number of hydrogen-bond acceptors (Lipinski definition) is 5. The number of ether oxygens (including phenoxy) is 1. The van der Waals surface area contributed by atoms with Crippen molar-refractivity contribution in [1.82, 2.24) is 4.73 Å². The molecule has 0 spiro atoms. The third-order valence-corrected chi connectivity index (χ3v) is 5.28. The molecule has 1 N–H and O–H groups in total. The van der Waals surface area contributed by atoms with Crippen molar-refractivity contribution in [3.8, 4) is 5.75 Å². The van der Waals surface area contributed by atoms with Gasteiger partial charge in [0.1, 0.15) is 18.9 Å². The van der Waals surface area contributed by atoms with Crippen molar-refractivity contribution in [1.29, 1.82) is 0 Å². The van der Waals surface area contributed by atoms with Crippen LogP contribution in [0, 0.1) is 0 Å². The van der Waals surface area contributed by atoms with Gasteiger partial charge < -0.3 is 14.7 Å². The van der Waals surface area contributed by atoms with Gasteiger partial charge in [-0.05, 0) is 28.8 Å². The van der Waals surface area contributed by atoms with Gasteiger partial charge in [0.05, 0.1) is 11.8 Å². The maximum atomic E-state index is 13.1. The average molecular weight is 469 g/mol. The van der Waals surface area contributed by atoms with E-state index in [0.717, 1.165) is 11.1 Å². The van der Waals surface area contributed by atoms with Crippen molar-refractivity contribution < 1.29 is 24.3 Å². The number of carbonyl (C=O) groups is 2. The molecule has 1 heterocycles. The summed E-state index contributed by atoms with van der Waals surface area (Å²) in [7, 11) is 0. The normalized spacial score (nSPS) is 10.5. The molecule has 0 saturated carbocycles. The van der Waals surface area contributed by atoms with Crippen LogP contribution in [0.4, 0.5) is 0 Å². The molecule has 1 aromatic heterocycles. The number of aromatic nitrogens is 1. The lowest BCUT2D eigenvalue weighted by atomic mass is 10.0. The molecular weight excluding hydrogens is 446 g/mol. The number of nitrogens with zero attached hydrogens (tertiary/aromatic N) is 1. The number of pyridine rings is 1. The predicted molar refractivity (Wildman–Crippen MR) is 130 cm³/mol. The Balaban J connectivity index is 1.59. The van der Waals surface area contributed by atoms with E-state index in [9.17, 15) is 14.4 Å². The quantitative estimate of drug-likeness (QED) is 0.350. The molecule has 3 aromatic carbocycles. The highest BCUT2D eigenvalue weighted by atomic mass is 16.7. The van der Waals surface area contributed by atoms with Crippen molar-refractivity contribution in [3.05, 3.63) is 135 Å². The number of carboxylic acids is 1. The highest BCUT2D eigenvalue weighted by Gasteiger charge is 2.17. The minimum atomic E-state index is -1.04. The van der Waals surface area contributed by atoms with Crippen molar-refractivity contribution in [2.45, 2.75) is 19.6 Å². The molecule has 7 nitrogen and oxygen atoms in total. The fourth-order valence-corrected chi connectivity index (χ4v) is 3.41. The summed E-state index contributed by atoms with van der Waals surface area (Å²) in [5.74, 6) is -1.34. The van der Waals surface area contributed by atoms with Gasteiger partial charge in [-0.1, -0.05) is 72.8 Å². The summed E-state index contributed by atoms with van der Waals surface area (Å²) in [5.41, 5.74) is 2.16. The molecule has 0 aliphatic carbocycles. The van der Waals surface area contributed by atoms with E-state index in [1.807, 2.05) is 60.7 Å². The number of carboxylic acid groups (broad SMARTS) is 1. The molecule has 35 heavy (non-hydrogen) atoms. The second kappa shape index (κ2) is 11.0. The number of ketones is 1. The van der Waals surface area contributed by atoms with Gasteiger partial charge in [0.15, 0.2) is 11.5 Å². The number of carbonyl (C=O) groups excluding carboxylic acids is 1. The first kappa shape index (κ1) is 23.5. The van der Waals surface area contributed by atoms with Gasteiger partial charge in [0, 0.05) is 12.5 Å². The van der Waals surface area contributed by atoms with Crippen LogP contribution in [0.3, 0.4) is 0 Å². The summed E-state index contributed by atoms with van der Waals surface area (Å²) in [4.78, 5) is 42.8. The summed E-state index contributed by atoms with van der Waals surface area (Å²) < 4.78 is 6.99. The van der Waals surface area contributed by atoms with E-state index in [0.29, 0.717) is 5.56 Å². The first-order chi connectivity index (χ1) is 17.0. The highest BCUT2D eigenvalue weighted by Crippen LogP contribution is 2.14. The first-order valence-corrected chi connectivity index (χ1v) is 11.0. The Bertz CT molecular complexity index is 1360. The molecule has 0 unspecified atom stereocenters. The molecule has 0 amide bonds. The second-order valence-corrected chi connectivity index (χ2v) is 7.85. The summed E-state index contributed by atoms with van der Waals surface area (Å²) in [6, 6.07) is 26.1. The Morgan fingerprint density at radius 1 is 0.771 bits per heavy atom. The van der Waals surface area contributed by atoms with Gasteiger partial charge in [0.25, 0.3) is 0 Å². The van der Waals surface area contributed by atoms with E-state index < -0.39 is 11.4 Å². The van der Waals surface area contributed by atoms with Crippen LogP contribution in [-0.4, -0.2) is 21.6 Å². The zero-order valence-corrected chi connectivity index (χ0v) is 18.8. The number of benzene rings is 3. The standard InChI is InChI=1S/C28H23NO6/c30-25(15-20-11-13-23(14-12-20)28(32)33)24-16-26(31)27(34-18-21-7-3-1-4-8-21)17-29(24)35-19-22-9-5-2-6-10-22/h1-14,16-17H,15,18-19H2,(H,32,33). The van der Waals surface area contributed by atoms with Gasteiger partial charge in [-0.2, -0.15) is 4.73 Å². The number of hydrogen-bond donors (Lipinski definition) is 1. The van der Waals surface area contributed by atoms with Crippen LogP contribution < -0.4 is 15.0 Å². The molecule has 0 aliphatic rings. The van der Waals surface area contributed by atoms with Crippen molar-refractivity contribution in [3.63, 3.8) is 0 Å². The summed E-state index contributed by atoms with van der Waals surface area (Å²) in [6.45, 7) is 0.368. The largest absolute Gasteiger partial charge is 0.483 e. The Kier molecular flexibility index (Phi) is 7.37. The van der Waals surface area contributed by atoms with Gasteiger partial charge in [-0.3, -0.25) is 9.59 Å². The topological polar surface area (TPSA) is 94.8 Å². The Morgan fingerprint density at radius 3 is 1.97 bits per heavy atom. The maximum Gasteiger partial charge on any atom is 0.335 e. The Hall–Kier alpha value is -4.65. The van der Waals surface area contributed by atoms with Gasteiger partial charge >= 0.3 is 5.97 Å². The van der Waals surface area contributed by atoms with Gasteiger partial charge in [-0.15, -0.1) is 0 Å². The van der Waals surface area contributed by atoms with Crippen LogP contribution in [0.15, 0.2) is 102 Å². The summed E-state index contributed by atoms with van der Waals surface area (Å²) in [5, 5.41) is 9.06. The van der Waals surface area contributed by atoms with Gasteiger partial charge in [0.2, 0.25) is 5.43 Å². The fraction of sp³-hybridized carbons (Fsp3) is 0.107. The van der Waals surface area contributed by atoms with Gasteiger partial charge in [-0.25, -0.2) is 4.79 Å². The van der Waals surface area contributed by atoms with Crippen LogP contribution >= 0.6 is 0 Å². The smallest absolute Gasteiger partial charge is 0.335 e. The van der Waals surface area contributed by atoms with Crippen molar-refractivity contribution in [2.24, 2.45) is 0 Å². The first-order valence-electron chi connectivity index (χ1n) is 11.0. The van der Waals surface area contributed by atoms with E-state index in [4.69, 9.17) is 14.7 Å². The molecule has 0 aliphatic heterocycles. The molecule has 4 aromatic rings. The molecule has 4 rings (SSSR count). The lowest BCUT2D eigenvalue weighted by Crippen LogP contribution is -2.24. The highest BCUT2D eigenvalue weighted by molar-refractivity contribution is 5.96. The third-order valence-electron chi connectivity index (χ3n) is 5.28. The molecule has 0 bridgehead atoms. The number of aromatic carboxylic acids is 1. The fourth-order valence-electron chi connectivity index (χ4n) is 3.41. The Morgan fingerprint density at radius 2 is 1.37 bits per heavy atom. The molecule has 176 valence electrons. The van der Waals surface area contributed by atoms with Crippen LogP contribution in [0.25, 0.3) is 0 Å². The lowest BCUT2D eigenvalue weighted by molar-refractivity contribution is 0.0696. The van der Waals surface area contributed by atoms with Crippen molar-refractivity contribution >= 4 is 11.8 Å². The molecule has 0 radical (unpaired) electrons. The Labute approximate surface area is 201 Å².